The second-order valence-corrected chi connectivity index (χ2v) is 12.0. The minimum atomic E-state index is -0.616. The van der Waals surface area contributed by atoms with Gasteiger partial charge in [-0.05, 0) is 125 Å². The molecule has 53 heavy (non-hydrogen) atoms. The van der Waals surface area contributed by atoms with Crippen molar-refractivity contribution in [2.24, 2.45) is 0 Å². The van der Waals surface area contributed by atoms with Gasteiger partial charge in [-0.15, -0.1) is 0 Å². The zero-order chi connectivity index (χ0) is 38.3. The second kappa shape index (κ2) is 23.7. The summed E-state index contributed by atoms with van der Waals surface area (Å²) < 4.78 is 32.4. The van der Waals surface area contributed by atoms with Crippen molar-refractivity contribution in [2.75, 3.05) is 33.0 Å². The number of ether oxygens (including phenoxy) is 6. The van der Waals surface area contributed by atoms with E-state index in [-0.39, 0.29) is 23.7 Å². The number of rotatable bonds is 25. The molecule has 0 saturated heterocycles. The Balaban J connectivity index is 1.37. The first-order valence-electron chi connectivity index (χ1n) is 17.8. The van der Waals surface area contributed by atoms with Crippen LogP contribution in [0.3, 0.4) is 0 Å². The van der Waals surface area contributed by atoms with Gasteiger partial charge in [0.05, 0.1) is 49.7 Å². The van der Waals surface area contributed by atoms with Crippen molar-refractivity contribution in [3.05, 3.63) is 114 Å². The summed E-state index contributed by atoms with van der Waals surface area (Å²) in [5.41, 5.74) is 1.66. The van der Waals surface area contributed by atoms with E-state index in [2.05, 4.69) is 13.2 Å². The van der Waals surface area contributed by atoms with Crippen molar-refractivity contribution in [2.45, 2.75) is 64.7 Å². The fourth-order valence-corrected chi connectivity index (χ4v) is 4.93. The highest BCUT2D eigenvalue weighted by molar-refractivity contribution is 5.99. The molecule has 0 unspecified atom stereocenters. The van der Waals surface area contributed by atoms with Gasteiger partial charge in [-0.1, -0.05) is 19.2 Å². The first-order valence-corrected chi connectivity index (χ1v) is 17.8. The van der Waals surface area contributed by atoms with Crippen LogP contribution >= 0.6 is 0 Å². The number of carbonyl (C=O) groups is 5. The molecule has 0 aromatic heterocycles. The van der Waals surface area contributed by atoms with Crippen LogP contribution in [0.15, 0.2) is 92.0 Å². The highest BCUT2D eigenvalue weighted by atomic mass is 16.5. The molecular weight excluding hydrogens is 680 g/mol. The van der Waals surface area contributed by atoms with Crippen LogP contribution in [0.25, 0.3) is 0 Å². The molecule has 0 N–H and O–H groups in total. The Morgan fingerprint density at radius 1 is 0.547 bits per heavy atom. The van der Waals surface area contributed by atoms with E-state index in [1.165, 1.54) is 6.92 Å². The summed E-state index contributed by atoms with van der Waals surface area (Å²) in [5.74, 6) is -0.807. The largest absolute Gasteiger partial charge is 0.494 e. The Morgan fingerprint density at radius 2 is 1.02 bits per heavy atom. The molecule has 3 aromatic carbocycles. The number of esters is 4. The van der Waals surface area contributed by atoms with Crippen LogP contribution in [0.1, 0.15) is 94.9 Å². The molecule has 0 heterocycles. The molecule has 11 heteroatoms. The van der Waals surface area contributed by atoms with Crippen LogP contribution in [0.4, 0.5) is 0 Å². The molecule has 0 aliphatic carbocycles. The van der Waals surface area contributed by atoms with Crippen LogP contribution in [0, 0.1) is 0 Å². The molecule has 282 valence electrons. The van der Waals surface area contributed by atoms with Gasteiger partial charge in [-0.3, -0.25) is 4.79 Å². The number of carbonyl (C=O) groups excluding carboxylic acids is 5. The Kier molecular flexibility index (Phi) is 18.7. The van der Waals surface area contributed by atoms with Crippen LogP contribution in [-0.4, -0.2) is 62.7 Å². The lowest BCUT2D eigenvalue weighted by molar-refractivity contribution is -0.138. The Morgan fingerprint density at radius 3 is 1.49 bits per heavy atom. The lowest BCUT2D eigenvalue weighted by Crippen LogP contribution is -2.12. The summed E-state index contributed by atoms with van der Waals surface area (Å²) >= 11 is 0. The van der Waals surface area contributed by atoms with Crippen molar-refractivity contribution < 1.29 is 52.4 Å². The van der Waals surface area contributed by atoms with Gasteiger partial charge < -0.3 is 28.4 Å². The molecule has 0 saturated carbocycles. The molecule has 0 atom stereocenters. The van der Waals surface area contributed by atoms with Crippen LogP contribution in [0.2, 0.25) is 0 Å². The first kappa shape index (κ1) is 41.7. The van der Waals surface area contributed by atoms with E-state index in [0.717, 1.165) is 69.1 Å². The minimum Gasteiger partial charge on any atom is -0.494 e. The Labute approximate surface area is 310 Å². The van der Waals surface area contributed by atoms with E-state index in [1.807, 2.05) is 0 Å². The monoisotopic (exact) mass is 728 g/mol. The molecule has 11 nitrogen and oxygen atoms in total. The van der Waals surface area contributed by atoms with Gasteiger partial charge in [-0.2, -0.15) is 0 Å². The summed E-state index contributed by atoms with van der Waals surface area (Å²) in [6, 6.07) is 18.2. The molecular formula is C42H48O11. The summed E-state index contributed by atoms with van der Waals surface area (Å²) in [4.78, 5) is 60.0. The van der Waals surface area contributed by atoms with Gasteiger partial charge >= 0.3 is 23.9 Å². The van der Waals surface area contributed by atoms with Crippen molar-refractivity contribution in [1.82, 2.24) is 0 Å². The average molecular weight is 729 g/mol. The molecule has 3 aromatic rings. The van der Waals surface area contributed by atoms with Gasteiger partial charge in [0.1, 0.15) is 17.2 Å². The van der Waals surface area contributed by atoms with Gasteiger partial charge in [0, 0.05) is 18.6 Å². The highest BCUT2D eigenvalue weighted by Crippen LogP contribution is 2.24. The van der Waals surface area contributed by atoms with Crippen molar-refractivity contribution >= 4 is 29.7 Å². The number of ketones is 1. The number of benzene rings is 3. The molecule has 3 rings (SSSR count). The van der Waals surface area contributed by atoms with Crippen LogP contribution in [0.5, 0.6) is 17.2 Å². The SMILES string of the molecule is C=CC(=O)OCCCCCCOc1ccc(C(=O)OCCc2ccc(OC(=O)c3ccc(OCCCCCCOC(=O)C=C)cc3)c(C(C)=O)c2)cc1. The van der Waals surface area contributed by atoms with E-state index in [9.17, 15) is 24.0 Å². The summed E-state index contributed by atoms with van der Waals surface area (Å²) in [7, 11) is 0. The van der Waals surface area contributed by atoms with E-state index >= 15 is 0 Å². The maximum absolute atomic E-state index is 12.9. The fraction of sp³-hybridized carbons (Fsp3) is 0.357. The van der Waals surface area contributed by atoms with Crippen molar-refractivity contribution in [3.8, 4) is 17.2 Å². The predicted octanol–water partition coefficient (Wildman–Crippen LogP) is 7.84. The molecule has 0 aliphatic rings. The lowest BCUT2D eigenvalue weighted by Gasteiger charge is -2.12. The van der Waals surface area contributed by atoms with Gasteiger partial charge in [0.25, 0.3) is 0 Å². The van der Waals surface area contributed by atoms with E-state index < -0.39 is 23.9 Å². The third-order valence-corrected chi connectivity index (χ3v) is 7.87. The van der Waals surface area contributed by atoms with Crippen LogP contribution in [-0.2, 0) is 30.2 Å². The minimum absolute atomic E-state index is 0.0853. The van der Waals surface area contributed by atoms with E-state index in [1.54, 1.807) is 66.7 Å². The standard InChI is InChI=1S/C42H48O11/c1-4-39(44)50-27-12-8-6-10-25-48-35-19-15-33(16-20-35)41(46)52-29-24-32-14-23-38(37(30-32)31(3)43)53-42(47)34-17-21-36(22-18-34)49-26-11-7-9-13-28-51-40(45)5-2/h4-5,14-23,30H,1-2,6-13,24-29H2,3H3. The quantitative estimate of drug-likeness (QED) is 0.0210. The van der Waals surface area contributed by atoms with Gasteiger partial charge in [-0.25, -0.2) is 19.2 Å². The van der Waals surface area contributed by atoms with Crippen molar-refractivity contribution in [3.63, 3.8) is 0 Å². The molecule has 0 bridgehead atoms. The lowest BCUT2D eigenvalue weighted by atomic mass is 10.0. The molecule has 0 radical (unpaired) electrons. The number of hydrogen-bond donors (Lipinski definition) is 0. The van der Waals surface area contributed by atoms with Gasteiger partial charge in [0.15, 0.2) is 5.78 Å². The number of unbranched alkanes of at least 4 members (excludes halogenated alkanes) is 6. The Hall–Kier alpha value is -5.71. The Bertz CT molecular complexity index is 1660. The maximum Gasteiger partial charge on any atom is 0.343 e. The van der Waals surface area contributed by atoms with Gasteiger partial charge in [0.2, 0.25) is 0 Å². The highest BCUT2D eigenvalue weighted by Gasteiger charge is 2.16. The van der Waals surface area contributed by atoms with Crippen molar-refractivity contribution in [1.29, 1.82) is 0 Å². The average Bonchev–Trinajstić information content (AvgIpc) is 3.17. The number of hydrogen-bond acceptors (Lipinski definition) is 11. The topological polar surface area (TPSA) is 141 Å². The zero-order valence-electron chi connectivity index (χ0n) is 30.3. The third-order valence-electron chi connectivity index (χ3n) is 7.87. The smallest absolute Gasteiger partial charge is 0.343 e. The summed E-state index contributed by atoms with van der Waals surface area (Å²) in [6.07, 6.45) is 9.58. The zero-order valence-corrected chi connectivity index (χ0v) is 30.3. The second-order valence-electron chi connectivity index (χ2n) is 12.0. The summed E-state index contributed by atoms with van der Waals surface area (Å²) in [5, 5.41) is 0. The molecule has 0 amide bonds. The number of Topliss-reactive ketones (excluding diaryl/α,β-unsaturated/α-hetero) is 1. The maximum atomic E-state index is 12.9. The molecule has 0 spiro atoms. The third kappa shape index (κ3) is 16.0. The molecule has 0 aliphatic heterocycles. The van der Waals surface area contributed by atoms with Crippen LogP contribution < -0.4 is 14.2 Å². The predicted molar refractivity (Wildman–Crippen MR) is 199 cm³/mol. The molecule has 0 fully saturated rings. The fourth-order valence-electron chi connectivity index (χ4n) is 4.93. The van der Waals surface area contributed by atoms with E-state index in [4.69, 9.17) is 28.4 Å². The summed E-state index contributed by atoms with van der Waals surface area (Å²) in [6.45, 7) is 9.99. The van der Waals surface area contributed by atoms with E-state index in [0.29, 0.717) is 55.5 Å². The first-order chi connectivity index (χ1) is 25.7. The normalized spacial score (nSPS) is 10.4.